The summed E-state index contributed by atoms with van der Waals surface area (Å²) in [6, 6.07) is 11.0. The van der Waals surface area contributed by atoms with Gasteiger partial charge in [-0.1, -0.05) is 26.0 Å². The van der Waals surface area contributed by atoms with E-state index in [4.69, 9.17) is 4.74 Å². The number of rotatable bonds is 8. The Labute approximate surface area is 143 Å². The van der Waals surface area contributed by atoms with E-state index in [0.717, 1.165) is 31.7 Å². The fraction of sp³-hybridized carbons (Fsp3) is 0.368. The largest absolute Gasteiger partial charge is 0.496 e. The number of aromatic nitrogens is 1. The van der Waals surface area contributed by atoms with Crippen molar-refractivity contribution in [2.24, 2.45) is 0 Å². The molecule has 0 radical (unpaired) electrons. The SMILES string of the molecule is CCCN(CCC)c1ccc(NC(=O)c2ccccc2OC)cn1. The maximum absolute atomic E-state index is 12.4. The number of hydrogen-bond acceptors (Lipinski definition) is 4. The molecule has 5 heteroatoms. The lowest BCUT2D eigenvalue weighted by Gasteiger charge is -2.22. The lowest BCUT2D eigenvalue weighted by Crippen LogP contribution is -2.25. The Morgan fingerprint density at radius 2 is 1.83 bits per heavy atom. The summed E-state index contributed by atoms with van der Waals surface area (Å²) in [4.78, 5) is 19.1. The predicted octanol–water partition coefficient (Wildman–Crippen LogP) is 3.97. The van der Waals surface area contributed by atoms with E-state index in [1.54, 1.807) is 25.4 Å². The number of para-hydroxylation sites is 1. The molecule has 1 heterocycles. The van der Waals surface area contributed by atoms with Gasteiger partial charge in [0.2, 0.25) is 0 Å². The Morgan fingerprint density at radius 3 is 2.42 bits per heavy atom. The van der Waals surface area contributed by atoms with Crippen molar-refractivity contribution in [3.05, 3.63) is 48.2 Å². The van der Waals surface area contributed by atoms with Crippen LogP contribution in [0.2, 0.25) is 0 Å². The molecule has 0 spiro atoms. The van der Waals surface area contributed by atoms with Crippen LogP contribution in [-0.2, 0) is 0 Å². The average Bonchev–Trinajstić information content (AvgIpc) is 2.62. The number of nitrogens with one attached hydrogen (secondary N) is 1. The Bertz CT molecular complexity index is 650. The molecule has 0 atom stereocenters. The Hall–Kier alpha value is -2.56. The zero-order chi connectivity index (χ0) is 17.4. The van der Waals surface area contributed by atoms with Crippen LogP contribution in [0.25, 0.3) is 0 Å². The van der Waals surface area contributed by atoms with E-state index in [2.05, 4.69) is 29.0 Å². The summed E-state index contributed by atoms with van der Waals surface area (Å²) in [6.45, 7) is 6.27. The molecular formula is C19H25N3O2. The van der Waals surface area contributed by atoms with Gasteiger partial charge in [-0.25, -0.2) is 4.98 Å². The topological polar surface area (TPSA) is 54.5 Å². The molecule has 2 aromatic rings. The van der Waals surface area contributed by atoms with Crippen LogP contribution in [0.5, 0.6) is 5.75 Å². The minimum atomic E-state index is -0.207. The van der Waals surface area contributed by atoms with Crippen LogP contribution in [0.15, 0.2) is 42.6 Å². The molecule has 5 nitrogen and oxygen atoms in total. The minimum Gasteiger partial charge on any atom is -0.496 e. The number of methoxy groups -OCH3 is 1. The number of carbonyl (C=O) groups excluding carboxylic acids is 1. The molecule has 1 amide bonds. The lowest BCUT2D eigenvalue weighted by molar-refractivity contribution is 0.102. The van der Waals surface area contributed by atoms with E-state index in [9.17, 15) is 4.79 Å². The third-order valence-electron chi connectivity index (χ3n) is 3.67. The average molecular weight is 327 g/mol. The number of carbonyl (C=O) groups is 1. The fourth-order valence-corrected chi connectivity index (χ4v) is 2.56. The van der Waals surface area contributed by atoms with E-state index in [-0.39, 0.29) is 5.91 Å². The highest BCUT2D eigenvalue weighted by Crippen LogP contribution is 2.20. The molecule has 1 aromatic heterocycles. The molecule has 0 aliphatic heterocycles. The van der Waals surface area contributed by atoms with E-state index in [1.165, 1.54) is 0 Å². The van der Waals surface area contributed by atoms with Crippen molar-refractivity contribution in [2.75, 3.05) is 30.4 Å². The zero-order valence-corrected chi connectivity index (χ0v) is 14.6. The summed E-state index contributed by atoms with van der Waals surface area (Å²) in [5.74, 6) is 1.28. The highest BCUT2D eigenvalue weighted by atomic mass is 16.5. The first kappa shape index (κ1) is 17.8. The number of benzene rings is 1. The first-order valence-electron chi connectivity index (χ1n) is 8.35. The molecule has 0 fully saturated rings. The van der Waals surface area contributed by atoms with E-state index in [1.807, 2.05) is 24.3 Å². The summed E-state index contributed by atoms with van der Waals surface area (Å²) in [5, 5.41) is 2.86. The number of hydrogen-bond donors (Lipinski definition) is 1. The monoisotopic (exact) mass is 327 g/mol. The molecule has 1 N–H and O–H groups in total. The van der Waals surface area contributed by atoms with Gasteiger partial charge in [0.25, 0.3) is 5.91 Å². The molecule has 2 rings (SSSR count). The highest BCUT2D eigenvalue weighted by molar-refractivity contribution is 6.06. The molecule has 0 aliphatic carbocycles. The molecule has 0 unspecified atom stereocenters. The van der Waals surface area contributed by atoms with Gasteiger partial charge in [0.1, 0.15) is 11.6 Å². The van der Waals surface area contributed by atoms with Gasteiger partial charge in [0.05, 0.1) is 24.6 Å². The molecule has 0 bridgehead atoms. The smallest absolute Gasteiger partial charge is 0.259 e. The molecule has 0 saturated carbocycles. The van der Waals surface area contributed by atoms with E-state index < -0.39 is 0 Å². The van der Waals surface area contributed by atoms with Crippen LogP contribution >= 0.6 is 0 Å². The first-order chi connectivity index (χ1) is 11.7. The fourth-order valence-electron chi connectivity index (χ4n) is 2.56. The number of amides is 1. The molecule has 0 aliphatic rings. The highest BCUT2D eigenvalue weighted by Gasteiger charge is 2.12. The summed E-state index contributed by atoms with van der Waals surface area (Å²) in [5.41, 5.74) is 1.17. The second kappa shape index (κ2) is 8.91. The van der Waals surface area contributed by atoms with Crippen LogP contribution < -0.4 is 15.0 Å². The summed E-state index contributed by atoms with van der Waals surface area (Å²) < 4.78 is 5.23. The normalized spacial score (nSPS) is 10.3. The van der Waals surface area contributed by atoms with Gasteiger partial charge in [-0.15, -0.1) is 0 Å². The van der Waals surface area contributed by atoms with Crippen LogP contribution in [0.4, 0.5) is 11.5 Å². The Morgan fingerprint density at radius 1 is 1.12 bits per heavy atom. The summed E-state index contributed by atoms with van der Waals surface area (Å²) in [7, 11) is 1.55. The van der Waals surface area contributed by atoms with Gasteiger partial charge in [0.15, 0.2) is 0 Å². The van der Waals surface area contributed by atoms with Crippen LogP contribution in [0.1, 0.15) is 37.0 Å². The van der Waals surface area contributed by atoms with Gasteiger partial charge >= 0.3 is 0 Å². The lowest BCUT2D eigenvalue weighted by atomic mass is 10.2. The third kappa shape index (κ3) is 4.47. The van der Waals surface area contributed by atoms with E-state index in [0.29, 0.717) is 17.0 Å². The van der Waals surface area contributed by atoms with Gasteiger partial charge in [-0.2, -0.15) is 0 Å². The molecule has 1 aromatic carbocycles. The Kier molecular flexibility index (Phi) is 6.61. The molecule has 128 valence electrons. The minimum absolute atomic E-state index is 0.207. The molecule has 24 heavy (non-hydrogen) atoms. The number of anilines is 2. The van der Waals surface area contributed by atoms with Crippen molar-refractivity contribution in [1.82, 2.24) is 4.98 Å². The van der Waals surface area contributed by atoms with Crippen molar-refractivity contribution in [1.29, 1.82) is 0 Å². The van der Waals surface area contributed by atoms with E-state index >= 15 is 0 Å². The quantitative estimate of drug-likeness (QED) is 0.797. The van der Waals surface area contributed by atoms with Gasteiger partial charge in [-0.3, -0.25) is 4.79 Å². The number of pyridine rings is 1. The second-order valence-corrected chi connectivity index (χ2v) is 5.55. The Balaban J connectivity index is 2.09. The maximum atomic E-state index is 12.4. The maximum Gasteiger partial charge on any atom is 0.259 e. The van der Waals surface area contributed by atoms with Gasteiger partial charge in [-0.05, 0) is 37.1 Å². The van der Waals surface area contributed by atoms with Crippen LogP contribution in [0.3, 0.4) is 0 Å². The summed E-state index contributed by atoms with van der Waals surface area (Å²) in [6.07, 6.45) is 3.85. The van der Waals surface area contributed by atoms with Crippen molar-refractivity contribution >= 4 is 17.4 Å². The van der Waals surface area contributed by atoms with Gasteiger partial charge < -0.3 is 15.0 Å². The molecular weight excluding hydrogens is 302 g/mol. The van der Waals surface area contributed by atoms with Gasteiger partial charge in [0, 0.05) is 13.1 Å². The number of nitrogens with zero attached hydrogens (tertiary/aromatic N) is 2. The van der Waals surface area contributed by atoms with Crippen LogP contribution in [-0.4, -0.2) is 31.1 Å². The predicted molar refractivity (Wildman–Crippen MR) is 98.0 cm³/mol. The standard InChI is InChI=1S/C19H25N3O2/c1-4-12-22(13-5-2)18-11-10-15(14-20-18)21-19(23)16-8-6-7-9-17(16)24-3/h6-11,14H,4-5,12-13H2,1-3H3,(H,21,23). The third-order valence-corrected chi connectivity index (χ3v) is 3.67. The molecule has 0 saturated heterocycles. The second-order valence-electron chi connectivity index (χ2n) is 5.55. The van der Waals surface area contributed by atoms with Crippen molar-refractivity contribution in [3.8, 4) is 5.75 Å². The summed E-state index contributed by atoms with van der Waals surface area (Å²) >= 11 is 0. The zero-order valence-electron chi connectivity index (χ0n) is 14.6. The van der Waals surface area contributed by atoms with Crippen molar-refractivity contribution in [2.45, 2.75) is 26.7 Å². The number of ether oxygens (including phenoxy) is 1. The van der Waals surface area contributed by atoms with Crippen molar-refractivity contribution < 1.29 is 9.53 Å². The first-order valence-corrected chi connectivity index (χ1v) is 8.35. The van der Waals surface area contributed by atoms with Crippen molar-refractivity contribution in [3.63, 3.8) is 0 Å². The van der Waals surface area contributed by atoms with Crippen LogP contribution in [0, 0.1) is 0 Å².